The first kappa shape index (κ1) is 18.4. The number of esters is 3. The fraction of sp³-hybridized carbons (Fsp3) is 0.786. The molecule has 0 saturated carbocycles. The first-order valence-corrected chi connectivity index (χ1v) is 6.92. The molecule has 8 heteroatoms. The molecule has 126 valence electrons. The van der Waals surface area contributed by atoms with Gasteiger partial charge in [-0.3, -0.25) is 14.4 Å². The maximum atomic E-state index is 11.3. The van der Waals surface area contributed by atoms with Gasteiger partial charge in [-0.15, -0.1) is 0 Å². The minimum atomic E-state index is -0.888. The third-order valence-electron chi connectivity index (χ3n) is 3.24. The molecule has 22 heavy (non-hydrogen) atoms. The van der Waals surface area contributed by atoms with E-state index < -0.39 is 48.4 Å². The Kier molecular flexibility index (Phi) is 6.76. The third-order valence-corrected chi connectivity index (χ3v) is 3.24. The molecule has 1 aliphatic rings. The summed E-state index contributed by atoms with van der Waals surface area (Å²) in [5, 5.41) is 0. The number of rotatable bonds is 4. The van der Waals surface area contributed by atoms with Gasteiger partial charge in [0.25, 0.3) is 0 Å². The lowest BCUT2D eigenvalue weighted by atomic mass is 9.96. The second-order valence-corrected chi connectivity index (χ2v) is 5.09. The summed E-state index contributed by atoms with van der Waals surface area (Å²) >= 11 is 0. The van der Waals surface area contributed by atoms with E-state index in [4.69, 9.17) is 23.7 Å². The zero-order valence-corrected chi connectivity index (χ0v) is 13.4. The highest BCUT2D eigenvalue weighted by molar-refractivity contribution is 5.67. The van der Waals surface area contributed by atoms with Crippen LogP contribution in [0.1, 0.15) is 27.7 Å². The van der Waals surface area contributed by atoms with Crippen LogP contribution in [0.3, 0.4) is 0 Å². The summed E-state index contributed by atoms with van der Waals surface area (Å²) in [5.41, 5.74) is 0. The number of hydrogen-bond acceptors (Lipinski definition) is 8. The molecular formula is C14H22O8. The highest BCUT2D eigenvalue weighted by Gasteiger charge is 2.45. The molecule has 1 unspecified atom stereocenters. The fourth-order valence-corrected chi connectivity index (χ4v) is 2.40. The lowest BCUT2D eigenvalue weighted by Gasteiger charge is -2.31. The van der Waals surface area contributed by atoms with Crippen molar-refractivity contribution < 1.29 is 38.1 Å². The molecule has 5 atom stereocenters. The van der Waals surface area contributed by atoms with Crippen LogP contribution >= 0.6 is 0 Å². The maximum absolute atomic E-state index is 11.3. The topological polar surface area (TPSA) is 97.4 Å². The van der Waals surface area contributed by atoms with Gasteiger partial charge in [0.05, 0.1) is 6.61 Å². The second kappa shape index (κ2) is 8.09. The number of methoxy groups -OCH3 is 1. The van der Waals surface area contributed by atoms with Crippen molar-refractivity contribution in [1.82, 2.24) is 0 Å². The highest BCUT2D eigenvalue weighted by atomic mass is 16.7. The summed E-state index contributed by atoms with van der Waals surface area (Å²) in [6.07, 6.45) is -3.27. The van der Waals surface area contributed by atoms with Gasteiger partial charge in [-0.25, -0.2) is 0 Å². The van der Waals surface area contributed by atoms with Crippen molar-refractivity contribution in [2.75, 3.05) is 13.7 Å². The quantitative estimate of drug-likeness (QED) is 0.543. The van der Waals surface area contributed by atoms with Gasteiger partial charge in [0.15, 0.2) is 12.2 Å². The Hall–Kier alpha value is -1.67. The Morgan fingerprint density at radius 1 is 0.909 bits per heavy atom. The Morgan fingerprint density at radius 3 is 1.91 bits per heavy atom. The maximum Gasteiger partial charge on any atom is 0.304 e. The molecule has 0 amide bonds. The van der Waals surface area contributed by atoms with E-state index in [1.165, 1.54) is 27.9 Å². The molecule has 0 spiro atoms. The zero-order valence-electron chi connectivity index (χ0n) is 13.4. The van der Waals surface area contributed by atoms with Gasteiger partial charge in [-0.05, 0) is 0 Å². The fourth-order valence-electron chi connectivity index (χ4n) is 2.40. The minimum Gasteiger partial charge on any atom is -0.456 e. The number of hydrogen-bond donors (Lipinski definition) is 0. The Morgan fingerprint density at radius 2 is 1.45 bits per heavy atom. The normalized spacial score (nSPS) is 31.8. The molecular weight excluding hydrogens is 296 g/mol. The first-order chi connectivity index (χ1) is 10.3. The van der Waals surface area contributed by atoms with Crippen LogP contribution in [-0.4, -0.2) is 56.2 Å². The molecule has 8 nitrogen and oxygen atoms in total. The Labute approximate surface area is 129 Å². The van der Waals surface area contributed by atoms with Gasteiger partial charge < -0.3 is 23.7 Å². The molecule has 1 saturated heterocycles. The summed E-state index contributed by atoms with van der Waals surface area (Å²) in [6.45, 7) is 5.39. The van der Waals surface area contributed by atoms with E-state index in [0.717, 1.165) is 0 Å². The van der Waals surface area contributed by atoms with E-state index in [0.29, 0.717) is 0 Å². The van der Waals surface area contributed by atoms with Crippen LogP contribution in [0.2, 0.25) is 0 Å². The van der Waals surface area contributed by atoms with Gasteiger partial charge in [-0.2, -0.15) is 0 Å². The van der Waals surface area contributed by atoms with Crippen LogP contribution in [0, 0.1) is 5.92 Å². The molecule has 1 heterocycles. The predicted molar refractivity (Wildman–Crippen MR) is 72.6 cm³/mol. The van der Waals surface area contributed by atoms with Crippen molar-refractivity contribution in [2.45, 2.75) is 52.3 Å². The molecule has 0 aliphatic carbocycles. The van der Waals surface area contributed by atoms with Crippen molar-refractivity contribution >= 4 is 17.9 Å². The van der Waals surface area contributed by atoms with E-state index in [9.17, 15) is 14.4 Å². The predicted octanol–water partition coefficient (Wildman–Crippen LogP) is 0.420. The number of ether oxygens (including phenoxy) is 5. The summed E-state index contributed by atoms with van der Waals surface area (Å²) < 4.78 is 26.4. The standard InChI is InChI=1S/C14H22O8/c1-7-12(18-5)13(21-9(3)16)11(20-8(2)15)6-19-14(7)22-10(4)17/h7,11-14H,6H2,1-5H3/t7-,11-,12-,13+,14?/m0/s1. The van der Waals surface area contributed by atoms with Crippen LogP contribution in [0.4, 0.5) is 0 Å². The molecule has 0 N–H and O–H groups in total. The van der Waals surface area contributed by atoms with E-state index in [1.807, 2.05) is 0 Å². The van der Waals surface area contributed by atoms with E-state index in [-0.39, 0.29) is 6.61 Å². The summed E-state index contributed by atoms with van der Waals surface area (Å²) in [6, 6.07) is 0. The van der Waals surface area contributed by atoms with Crippen molar-refractivity contribution in [3.8, 4) is 0 Å². The first-order valence-electron chi connectivity index (χ1n) is 6.92. The molecule has 0 aromatic rings. The van der Waals surface area contributed by atoms with Crippen LogP contribution < -0.4 is 0 Å². The smallest absolute Gasteiger partial charge is 0.304 e. The molecule has 0 aromatic carbocycles. The van der Waals surface area contributed by atoms with Gasteiger partial charge in [0.1, 0.15) is 6.10 Å². The summed E-state index contributed by atoms with van der Waals surface area (Å²) in [5.74, 6) is -2.03. The third kappa shape index (κ3) is 4.96. The largest absolute Gasteiger partial charge is 0.456 e. The summed E-state index contributed by atoms with van der Waals surface area (Å²) in [4.78, 5) is 33.8. The van der Waals surface area contributed by atoms with Crippen LogP contribution in [0.15, 0.2) is 0 Å². The minimum absolute atomic E-state index is 0.0837. The molecule has 1 rings (SSSR count). The highest BCUT2D eigenvalue weighted by Crippen LogP contribution is 2.28. The van der Waals surface area contributed by atoms with E-state index in [1.54, 1.807) is 6.92 Å². The van der Waals surface area contributed by atoms with Crippen molar-refractivity contribution in [3.63, 3.8) is 0 Å². The lowest BCUT2D eigenvalue weighted by Crippen LogP contribution is -2.47. The van der Waals surface area contributed by atoms with Gasteiger partial charge in [0, 0.05) is 33.8 Å². The van der Waals surface area contributed by atoms with Crippen molar-refractivity contribution in [1.29, 1.82) is 0 Å². The zero-order chi connectivity index (χ0) is 16.9. The van der Waals surface area contributed by atoms with Crippen LogP contribution in [-0.2, 0) is 38.1 Å². The van der Waals surface area contributed by atoms with Gasteiger partial charge >= 0.3 is 17.9 Å². The molecule has 0 aromatic heterocycles. The van der Waals surface area contributed by atoms with Crippen molar-refractivity contribution in [2.24, 2.45) is 5.92 Å². The molecule has 1 aliphatic heterocycles. The van der Waals surface area contributed by atoms with Gasteiger partial charge in [-0.1, -0.05) is 6.92 Å². The van der Waals surface area contributed by atoms with E-state index >= 15 is 0 Å². The Bertz CT molecular complexity index is 421. The monoisotopic (exact) mass is 318 g/mol. The van der Waals surface area contributed by atoms with Crippen molar-refractivity contribution in [3.05, 3.63) is 0 Å². The molecule has 0 radical (unpaired) electrons. The van der Waals surface area contributed by atoms with E-state index in [2.05, 4.69) is 0 Å². The average Bonchev–Trinajstić information content (AvgIpc) is 2.49. The number of carbonyl (C=O) groups is 3. The average molecular weight is 318 g/mol. The second-order valence-electron chi connectivity index (χ2n) is 5.09. The summed E-state index contributed by atoms with van der Waals surface area (Å²) in [7, 11) is 1.43. The van der Waals surface area contributed by atoms with Crippen LogP contribution in [0.25, 0.3) is 0 Å². The molecule has 1 fully saturated rings. The Balaban J connectivity index is 3.05. The SMILES string of the molecule is CO[C@@H]1[C@H](OC(C)=O)[C@@H](OC(C)=O)COC(OC(C)=O)[C@H]1C. The van der Waals surface area contributed by atoms with Crippen LogP contribution in [0.5, 0.6) is 0 Å². The molecule has 0 bridgehead atoms. The number of carbonyl (C=O) groups excluding carboxylic acids is 3. The van der Waals surface area contributed by atoms with Gasteiger partial charge in [0.2, 0.25) is 6.29 Å². The lowest BCUT2D eigenvalue weighted by molar-refractivity contribution is -0.196.